The lowest BCUT2D eigenvalue weighted by Gasteiger charge is -2.10. The fourth-order valence-electron chi connectivity index (χ4n) is 1.31. The molecule has 2 N–H and O–H groups in total. The lowest BCUT2D eigenvalue weighted by Crippen LogP contribution is -2.17. The van der Waals surface area contributed by atoms with Gasteiger partial charge in [0.15, 0.2) is 0 Å². The second kappa shape index (κ2) is 4.79. The van der Waals surface area contributed by atoms with Gasteiger partial charge in [0.05, 0.1) is 10.7 Å². The molecule has 80 valence electrons. The number of hydrogen-bond acceptors (Lipinski definition) is 3. The van der Waals surface area contributed by atoms with Crippen LogP contribution in [0.2, 0.25) is 4.34 Å². The molecule has 0 aliphatic carbocycles. The number of aromatic nitrogens is 2. The third-order valence-electron chi connectivity index (χ3n) is 2.17. The van der Waals surface area contributed by atoms with Crippen molar-refractivity contribution in [1.82, 2.24) is 15.3 Å². The molecule has 2 rings (SSSR count). The Kier molecular flexibility index (Phi) is 3.41. The van der Waals surface area contributed by atoms with Crippen molar-refractivity contribution in [3.05, 3.63) is 39.6 Å². The average molecular weight is 242 g/mol. The fraction of sp³-hybridized carbons (Fsp3) is 0.300. The van der Waals surface area contributed by atoms with Gasteiger partial charge in [-0.25, -0.2) is 4.98 Å². The molecule has 15 heavy (non-hydrogen) atoms. The molecule has 0 amide bonds. The molecule has 1 atom stereocenters. The average Bonchev–Trinajstić information content (AvgIpc) is 2.84. The van der Waals surface area contributed by atoms with E-state index in [1.54, 1.807) is 17.7 Å². The van der Waals surface area contributed by atoms with E-state index in [-0.39, 0.29) is 0 Å². The number of halogens is 1. The van der Waals surface area contributed by atoms with Crippen molar-refractivity contribution in [3.8, 4) is 0 Å². The summed E-state index contributed by atoms with van der Waals surface area (Å²) in [4.78, 5) is 8.27. The van der Waals surface area contributed by atoms with Crippen LogP contribution in [-0.4, -0.2) is 9.97 Å². The summed E-state index contributed by atoms with van der Waals surface area (Å²) in [6.07, 6.45) is 3.50. The Hall–Kier alpha value is -0.840. The van der Waals surface area contributed by atoms with Crippen molar-refractivity contribution in [1.29, 1.82) is 0 Å². The van der Waals surface area contributed by atoms with Crippen LogP contribution in [0.4, 0.5) is 0 Å². The first-order valence-corrected chi connectivity index (χ1v) is 5.91. The Morgan fingerprint density at radius 2 is 2.47 bits per heavy atom. The first-order chi connectivity index (χ1) is 7.25. The van der Waals surface area contributed by atoms with Gasteiger partial charge in [0, 0.05) is 29.4 Å². The maximum atomic E-state index is 5.88. The minimum atomic E-state index is 0.311. The molecule has 0 aromatic carbocycles. The van der Waals surface area contributed by atoms with Gasteiger partial charge >= 0.3 is 0 Å². The minimum Gasteiger partial charge on any atom is -0.347 e. The maximum absolute atomic E-state index is 5.88. The van der Waals surface area contributed by atoms with E-state index >= 15 is 0 Å². The summed E-state index contributed by atoms with van der Waals surface area (Å²) < 4.78 is 0.834. The molecule has 1 unspecified atom stereocenters. The molecular formula is C10H12ClN3S. The van der Waals surface area contributed by atoms with Gasteiger partial charge in [-0.1, -0.05) is 11.6 Å². The van der Waals surface area contributed by atoms with E-state index in [0.717, 1.165) is 16.6 Å². The van der Waals surface area contributed by atoms with E-state index in [2.05, 4.69) is 28.3 Å². The van der Waals surface area contributed by atoms with Gasteiger partial charge in [-0.05, 0) is 19.1 Å². The Morgan fingerprint density at radius 3 is 3.07 bits per heavy atom. The molecule has 5 heteroatoms. The number of nitrogens with zero attached hydrogens (tertiary/aromatic N) is 1. The number of thiophene rings is 1. The summed E-state index contributed by atoms with van der Waals surface area (Å²) in [5.74, 6) is 0. The van der Waals surface area contributed by atoms with Crippen LogP contribution in [0.5, 0.6) is 0 Å². The standard InChI is InChI=1S/C10H12ClN3S/c1-7(9-2-3-10(11)15-9)13-5-8-4-12-6-14-8/h2-4,6-7,13H,5H2,1H3,(H,12,14). The van der Waals surface area contributed by atoms with Crippen LogP contribution in [0.15, 0.2) is 24.7 Å². The Bertz CT molecular complexity index is 410. The van der Waals surface area contributed by atoms with E-state index in [0.29, 0.717) is 6.04 Å². The van der Waals surface area contributed by atoms with E-state index in [1.165, 1.54) is 4.88 Å². The van der Waals surface area contributed by atoms with Crippen molar-refractivity contribution in [2.45, 2.75) is 19.5 Å². The number of H-pyrrole nitrogens is 1. The van der Waals surface area contributed by atoms with Crippen LogP contribution in [0, 0.1) is 0 Å². The predicted octanol–water partition coefficient (Wildman–Crippen LogP) is 2.98. The van der Waals surface area contributed by atoms with Crippen LogP contribution < -0.4 is 5.32 Å². The van der Waals surface area contributed by atoms with Gasteiger partial charge in [-0.15, -0.1) is 11.3 Å². The lowest BCUT2D eigenvalue weighted by molar-refractivity contribution is 0.577. The molecule has 2 aromatic heterocycles. The summed E-state index contributed by atoms with van der Waals surface area (Å²) >= 11 is 7.49. The van der Waals surface area contributed by atoms with Crippen molar-refractivity contribution in [2.24, 2.45) is 0 Å². The zero-order valence-electron chi connectivity index (χ0n) is 8.33. The Labute approximate surface area is 97.5 Å². The molecule has 3 nitrogen and oxygen atoms in total. The van der Waals surface area contributed by atoms with Crippen LogP contribution >= 0.6 is 22.9 Å². The highest BCUT2D eigenvalue weighted by Gasteiger charge is 2.07. The van der Waals surface area contributed by atoms with Crippen LogP contribution in [0.1, 0.15) is 23.5 Å². The number of aromatic amines is 1. The smallest absolute Gasteiger partial charge is 0.0931 e. The maximum Gasteiger partial charge on any atom is 0.0931 e. The number of rotatable bonds is 4. The monoisotopic (exact) mass is 241 g/mol. The van der Waals surface area contributed by atoms with Crippen LogP contribution in [0.3, 0.4) is 0 Å². The van der Waals surface area contributed by atoms with E-state index in [9.17, 15) is 0 Å². The summed E-state index contributed by atoms with van der Waals surface area (Å²) in [6.45, 7) is 2.91. The molecule has 0 fully saturated rings. The number of nitrogens with one attached hydrogen (secondary N) is 2. The van der Waals surface area contributed by atoms with Crippen LogP contribution in [0.25, 0.3) is 0 Å². The van der Waals surface area contributed by atoms with E-state index in [1.807, 2.05) is 12.3 Å². The summed E-state index contributed by atoms with van der Waals surface area (Å²) in [5, 5.41) is 3.40. The summed E-state index contributed by atoms with van der Waals surface area (Å²) in [7, 11) is 0. The second-order valence-corrected chi connectivity index (χ2v) is 5.07. The quantitative estimate of drug-likeness (QED) is 0.864. The van der Waals surface area contributed by atoms with Crippen LogP contribution in [-0.2, 0) is 6.54 Å². The predicted molar refractivity (Wildman–Crippen MR) is 63.2 cm³/mol. The van der Waals surface area contributed by atoms with Crippen molar-refractivity contribution in [2.75, 3.05) is 0 Å². The van der Waals surface area contributed by atoms with Gasteiger partial charge in [-0.2, -0.15) is 0 Å². The first-order valence-electron chi connectivity index (χ1n) is 4.71. The molecule has 0 radical (unpaired) electrons. The third-order valence-corrected chi connectivity index (χ3v) is 3.59. The van der Waals surface area contributed by atoms with Gasteiger partial charge in [0.2, 0.25) is 0 Å². The van der Waals surface area contributed by atoms with Gasteiger partial charge in [0.25, 0.3) is 0 Å². The third kappa shape index (κ3) is 2.81. The molecule has 0 saturated carbocycles. The fourth-order valence-corrected chi connectivity index (χ4v) is 2.39. The molecule has 0 spiro atoms. The van der Waals surface area contributed by atoms with Crippen molar-refractivity contribution < 1.29 is 0 Å². The largest absolute Gasteiger partial charge is 0.347 e. The summed E-state index contributed by atoms with van der Waals surface area (Å²) in [6, 6.07) is 4.29. The van der Waals surface area contributed by atoms with Gasteiger partial charge in [0.1, 0.15) is 0 Å². The highest BCUT2D eigenvalue weighted by atomic mass is 35.5. The van der Waals surface area contributed by atoms with Crippen molar-refractivity contribution in [3.63, 3.8) is 0 Å². The SMILES string of the molecule is CC(NCc1cnc[nH]1)c1ccc(Cl)s1. The molecule has 0 saturated heterocycles. The van der Waals surface area contributed by atoms with E-state index < -0.39 is 0 Å². The normalized spacial score (nSPS) is 12.9. The number of hydrogen-bond donors (Lipinski definition) is 2. The minimum absolute atomic E-state index is 0.311. The molecule has 0 aliphatic heterocycles. The van der Waals surface area contributed by atoms with E-state index in [4.69, 9.17) is 11.6 Å². The zero-order valence-corrected chi connectivity index (χ0v) is 9.90. The highest BCUT2D eigenvalue weighted by molar-refractivity contribution is 7.16. The molecule has 0 aliphatic rings. The summed E-state index contributed by atoms with van der Waals surface area (Å²) in [5.41, 5.74) is 1.09. The Balaban J connectivity index is 1.90. The molecule has 2 aromatic rings. The topological polar surface area (TPSA) is 40.7 Å². The molecule has 0 bridgehead atoms. The van der Waals surface area contributed by atoms with Gasteiger partial charge < -0.3 is 10.3 Å². The molecular weight excluding hydrogens is 230 g/mol. The second-order valence-electron chi connectivity index (χ2n) is 3.32. The highest BCUT2D eigenvalue weighted by Crippen LogP contribution is 2.26. The van der Waals surface area contributed by atoms with Crippen molar-refractivity contribution >= 4 is 22.9 Å². The zero-order chi connectivity index (χ0) is 10.7. The molecule has 2 heterocycles. The van der Waals surface area contributed by atoms with Gasteiger partial charge in [-0.3, -0.25) is 0 Å². The number of imidazole rings is 1. The lowest BCUT2D eigenvalue weighted by atomic mass is 10.2. The first kappa shape index (κ1) is 10.7. The Morgan fingerprint density at radius 1 is 1.60 bits per heavy atom.